The lowest BCUT2D eigenvalue weighted by molar-refractivity contribution is 0.223. The van der Waals surface area contributed by atoms with E-state index in [0.29, 0.717) is 12.5 Å². The molecule has 0 bridgehead atoms. The molecule has 0 saturated carbocycles. The molecule has 2 nitrogen and oxygen atoms in total. The molecule has 1 fully saturated rings. The van der Waals surface area contributed by atoms with Gasteiger partial charge in [-0.1, -0.05) is 37.3 Å². The standard InChI is InChI=1S/C15H23NO/c1-13(8-10-17)15-7-9-16(12-15)11-14-5-3-2-4-6-14/h2-6,13,15,17H,7-12H2,1H3. The molecule has 2 rings (SSSR count). The quantitative estimate of drug-likeness (QED) is 0.844. The smallest absolute Gasteiger partial charge is 0.0433 e. The molecule has 0 spiro atoms. The van der Waals surface area contributed by atoms with Gasteiger partial charge in [0.1, 0.15) is 0 Å². The molecule has 0 aromatic heterocycles. The molecule has 2 unspecified atom stereocenters. The van der Waals surface area contributed by atoms with Crippen LogP contribution >= 0.6 is 0 Å². The predicted molar refractivity (Wildman–Crippen MR) is 70.7 cm³/mol. The van der Waals surface area contributed by atoms with E-state index < -0.39 is 0 Å². The Morgan fingerprint density at radius 3 is 2.82 bits per heavy atom. The third-order valence-electron chi connectivity index (χ3n) is 3.95. The van der Waals surface area contributed by atoms with E-state index in [1.54, 1.807) is 0 Å². The first-order valence-corrected chi connectivity index (χ1v) is 6.66. The van der Waals surface area contributed by atoms with Gasteiger partial charge >= 0.3 is 0 Å². The van der Waals surface area contributed by atoms with Gasteiger partial charge in [0, 0.05) is 19.7 Å². The molecule has 1 aliphatic heterocycles. The molecule has 1 aromatic carbocycles. The number of nitrogens with zero attached hydrogens (tertiary/aromatic N) is 1. The number of aliphatic hydroxyl groups excluding tert-OH is 1. The van der Waals surface area contributed by atoms with Crippen LogP contribution < -0.4 is 0 Å². The van der Waals surface area contributed by atoms with Crippen LogP contribution in [0.25, 0.3) is 0 Å². The highest BCUT2D eigenvalue weighted by molar-refractivity contribution is 5.14. The SMILES string of the molecule is CC(CCO)C1CCN(Cc2ccccc2)C1. The van der Waals surface area contributed by atoms with Crippen molar-refractivity contribution in [2.75, 3.05) is 19.7 Å². The van der Waals surface area contributed by atoms with Crippen LogP contribution in [0, 0.1) is 11.8 Å². The van der Waals surface area contributed by atoms with Crippen molar-refractivity contribution in [3.05, 3.63) is 35.9 Å². The third kappa shape index (κ3) is 3.55. The van der Waals surface area contributed by atoms with E-state index in [1.165, 1.54) is 25.1 Å². The summed E-state index contributed by atoms with van der Waals surface area (Å²) >= 11 is 0. The Morgan fingerprint density at radius 1 is 1.35 bits per heavy atom. The summed E-state index contributed by atoms with van der Waals surface area (Å²) in [7, 11) is 0. The fourth-order valence-corrected chi connectivity index (χ4v) is 2.75. The number of hydrogen-bond donors (Lipinski definition) is 1. The van der Waals surface area contributed by atoms with Crippen molar-refractivity contribution in [2.24, 2.45) is 11.8 Å². The molecule has 1 saturated heterocycles. The zero-order chi connectivity index (χ0) is 12.1. The Hall–Kier alpha value is -0.860. The Labute approximate surface area is 104 Å². The highest BCUT2D eigenvalue weighted by Crippen LogP contribution is 2.26. The van der Waals surface area contributed by atoms with Crippen LogP contribution in [0.3, 0.4) is 0 Å². The maximum atomic E-state index is 8.98. The third-order valence-corrected chi connectivity index (χ3v) is 3.95. The lowest BCUT2D eigenvalue weighted by atomic mass is 9.91. The van der Waals surface area contributed by atoms with Gasteiger partial charge in [0.05, 0.1) is 0 Å². The molecule has 0 amide bonds. The van der Waals surface area contributed by atoms with Crippen molar-refractivity contribution in [2.45, 2.75) is 26.3 Å². The van der Waals surface area contributed by atoms with Crippen LogP contribution in [0.4, 0.5) is 0 Å². The fraction of sp³-hybridized carbons (Fsp3) is 0.600. The van der Waals surface area contributed by atoms with E-state index in [-0.39, 0.29) is 0 Å². The van der Waals surface area contributed by atoms with Gasteiger partial charge in [0.15, 0.2) is 0 Å². The van der Waals surface area contributed by atoms with Gasteiger partial charge < -0.3 is 5.11 Å². The van der Waals surface area contributed by atoms with E-state index in [9.17, 15) is 0 Å². The van der Waals surface area contributed by atoms with E-state index in [2.05, 4.69) is 42.2 Å². The Balaban J connectivity index is 1.82. The van der Waals surface area contributed by atoms with Crippen LogP contribution in [0.15, 0.2) is 30.3 Å². The van der Waals surface area contributed by atoms with Gasteiger partial charge in [-0.15, -0.1) is 0 Å². The van der Waals surface area contributed by atoms with Crippen LogP contribution in [0.1, 0.15) is 25.3 Å². The summed E-state index contributed by atoms with van der Waals surface area (Å²) in [6, 6.07) is 10.7. The first-order chi connectivity index (χ1) is 8.29. The zero-order valence-corrected chi connectivity index (χ0v) is 10.7. The lowest BCUT2D eigenvalue weighted by Gasteiger charge is -2.19. The summed E-state index contributed by atoms with van der Waals surface area (Å²) in [5.41, 5.74) is 1.41. The van der Waals surface area contributed by atoms with Crippen LogP contribution in [-0.4, -0.2) is 29.7 Å². The summed E-state index contributed by atoms with van der Waals surface area (Å²) in [5.74, 6) is 1.42. The molecule has 1 heterocycles. The molecule has 94 valence electrons. The van der Waals surface area contributed by atoms with Crippen molar-refractivity contribution in [1.82, 2.24) is 4.90 Å². The molecule has 0 aliphatic carbocycles. The fourth-order valence-electron chi connectivity index (χ4n) is 2.75. The summed E-state index contributed by atoms with van der Waals surface area (Å²) in [5, 5.41) is 8.98. The zero-order valence-electron chi connectivity index (χ0n) is 10.7. The maximum absolute atomic E-state index is 8.98. The number of aliphatic hydroxyl groups is 1. The minimum Gasteiger partial charge on any atom is -0.396 e. The van der Waals surface area contributed by atoms with Gasteiger partial charge in [-0.25, -0.2) is 0 Å². The highest BCUT2D eigenvalue weighted by Gasteiger charge is 2.26. The Morgan fingerprint density at radius 2 is 2.12 bits per heavy atom. The van der Waals surface area contributed by atoms with Crippen molar-refractivity contribution < 1.29 is 5.11 Å². The van der Waals surface area contributed by atoms with E-state index in [4.69, 9.17) is 5.11 Å². The minimum atomic E-state index is 0.330. The van der Waals surface area contributed by atoms with Crippen molar-refractivity contribution >= 4 is 0 Å². The van der Waals surface area contributed by atoms with Crippen LogP contribution in [-0.2, 0) is 6.54 Å². The van der Waals surface area contributed by atoms with Crippen LogP contribution in [0.5, 0.6) is 0 Å². The number of hydrogen-bond acceptors (Lipinski definition) is 2. The molecule has 17 heavy (non-hydrogen) atoms. The number of benzene rings is 1. The largest absolute Gasteiger partial charge is 0.396 e. The summed E-state index contributed by atoms with van der Waals surface area (Å²) < 4.78 is 0. The molecule has 2 atom stereocenters. The highest BCUT2D eigenvalue weighted by atomic mass is 16.3. The van der Waals surface area contributed by atoms with Gasteiger partial charge in [-0.05, 0) is 36.8 Å². The van der Waals surface area contributed by atoms with Gasteiger partial charge in [0.2, 0.25) is 0 Å². The van der Waals surface area contributed by atoms with E-state index in [0.717, 1.165) is 18.9 Å². The molecule has 1 N–H and O–H groups in total. The monoisotopic (exact) mass is 233 g/mol. The topological polar surface area (TPSA) is 23.5 Å². The van der Waals surface area contributed by atoms with E-state index in [1.807, 2.05) is 0 Å². The Kier molecular flexibility index (Phi) is 4.57. The van der Waals surface area contributed by atoms with Gasteiger partial charge in [-0.2, -0.15) is 0 Å². The molecule has 1 aromatic rings. The molecule has 1 aliphatic rings. The first kappa shape index (κ1) is 12.6. The molecular weight excluding hydrogens is 210 g/mol. The molecular formula is C15H23NO. The molecule has 0 radical (unpaired) electrons. The normalized spacial score (nSPS) is 22.8. The lowest BCUT2D eigenvalue weighted by Crippen LogP contribution is -2.22. The summed E-state index contributed by atoms with van der Waals surface area (Å²) in [4.78, 5) is 2.54. The molecule has 2 heteroatoms. The van der Waals surface area contributed by atoms with Crippen LogP contribution in [0.2, 0.25) is 0 Å². The second kappa shape index (κ2) is 6.18. The van der Waals surface area contributed by atoms with Crippen molar-refractivity contribution in [3.63, 3.8) is 0 Å². The minimum absolute atomic E-state index is 0.330. The van der Waals surface area contributed by atoms with E-state index >= 15 is 0 Å². The second-order valence-corrected chi connectivity index (χ2v) is 5.26. The number of likely N-dealkylation sites (tertiary alicyclic amines) is 1. The van der Waals surface area contributed by atoms with Crippen molar-refractivity contribution in [1.29, 1.82) is 0 Å². The van der Waals surface area contributed by atoms with Gasteiger partial charge in [0.25, 0.3) is 0 Å². The second-order valence-electron chi connectivity index (χ2n) is 5.26. The Bertz CT molecular complexity index is 325. The first-order valence-electron chi connectivity index (χ1n) is 6.66. The summed E-state index contributed by atoms with van der Waals surface area (Å²) in [6.45, 7) is 6.07. The van der Waals surface area contributed by atoms with Crippen molar-refractivity contribution in [3.8, 4) is 0 Å². The number of rotatable bonds is 5. The maximum Gasteiger partial charge on any atom is 0.0433 e. The average molecular weight is 233 g/mol. The predicted octanol–water partition coefficient (Wildman–Crippen LogP) is 2.53. The van der Waals surface area contributed by atoms with Gasteiger partial charge in [-0.3, -0.25) is 4.90 Å². The summed E-state index contributed by atoms with van der Waals surface area (Å²) in [6.07, 6.45) is 2.23. The average Bonchev–Trinajstić information content (AvgIpc) is 2.79.